The van der Waals surface area contributed by atoms with Crippen molar-refractivity contribution in [2.45, 2.75) is 19.5 Å². The lowest BCUT2D eigenvalue weighted by Crippen LogP contribution is -2.18. The zero-order valence-electron chi connectivity index (χ0n) is 12.1. The SMILES string of the molecule is CCn1ncc(Cl)c1C(N)c1cc(Cl)c(OC)c(OC)c1. The highest BCUT2D eigenvalue weighted by Gasteiger charge is 2.21. The van der Waals surface area contributed by atoms with E-state index < -0.39 is 6.04 Å². The van der Waals surface area contributed by atoms with Gasteiger partial charge in [0.15, 0.2) is 11.5 Å². The summed E-state index contributed by atoms with van der Waals surface area (Å²) >= 11 is 12.4. The number of halogens is 2. The zero-order chi connectivity index (χ0) is 15.6. The van der Waals surface area contributed by atoms with Crippen LogP contribution in [0.5, 0.6) is 11.5 Å². The largest absolute Gasteiger partial charge is 0.493 e. The van der Waals surface area contributed by atoms with E-state index in [-0.39, 0.29) is 0 Å². The van der Waals surface area contributed by atoms with Gasteiger partial charge in [-0.1, -0.05) is 23.2 Å². The summed E-state index contributed by atoms with van der Waals surface area (Å²) in [5, 5.41) is 5.15. The van der Waals surface area contributed by atoms with E-state index in [0.717, 1.165) is 11.3 Å². The minimum absolute atomic E-state index is 0.431. The number of aromatic nitrogens is 2. The first kappa shape index (κ1) is 15.9. The smallest absolute Gasteiger partial charge is 0.179 e. The molecule has 0 aliphatic rings. The van der Waals surface area contributed by atoms with Crippen molar-refractivity contribution in [3.8, 4) is 11.5 Å². The summed E-state index contributed by atoms with van der Waals surface area (Å²) in [4.78, 5) is 0. The predicted octanol–water partition coefficient (Wildman–Crippen LogP) is 3.28. The summed E-state index contributed by atoms with van der Waals surface area (Å²) in [6, 6.07) is 3.08. The van der Waals surface area contributed by atoms with Gasteiger partial charge >= 0.3 is 0 Å². The fraction of sp³-hybridized carbons (Fsp3) is 0.357. The second-order valence-electron chi connectivity index (χ2n) is 4.41. The van der Waals surface area contributed by atoms with Crippen molar-refractivity contribution in [3.63, 3.8) is 0 Å². The topological polar surface area (TPSA) is 62.3 Å². The van der Waals surface area contributed by atoms with Gasteiger partial charge in [-0.25, -0.2) is 0 Å². The van der Waals surface area contributed by atoms with Crippen LogP contribution in [0.3, 0.4) is 0 Å². The maximum absolute atomic E-state index is 6.32. The van der Waals surface area contributed by atoms with Gasteiger partial charge in [0.25, 0.3) is 0 Å². The minimum atomic E-state index is -0.461. The van der Waals surface area contributed by atoms with Gasteiger partial charge in [-0.15, -0.1) is 0 Å². The molecule has 1 aromatic carbocycles. The van der Waals surface area contributed by atoms with Crippen molar-refractivity contribution in [1.82, 2.24) is 9.78 Å². The number of methoxy groups -OCH3 is 2. The summed E-state index contributed by atoms with van der Waals surface area (Å²) in [7, 11) is 3.08. The Hall–Kier alpha value is -1.43. The van der Waals surface area contributed by atoms with Crippen molar-refractivity contribution < 1.29 is 9.47 Å². The fourth-order valence-electron chi connectivity index (χ4n) is 2.21. The summed E-state index contributed by atoms with van der Waals surface area (Å²) in [5.74, 6) is 0.999. The Balaban J connectivity index is 2.51. The molecule has 0 spiro atoms. The van der Waals surface area contributed by atoms with Crippen molar-refractivity contribution >= 4 is 23.2 Å². The van der Waals surface area contributed by atoms with Crippen LogP contribution in [0.1, 0.15) is 24.2 Å². The van der Waals surface area contributed by atoms with Gasteiger partial charge in [0.2, 0.25) is 0 Å². The van der Waals surface area contributed by atoms with E-state index in [1.165, 1.54) is 7.11 Å². The maximum atomic E-state index is 6.32. The Morgan fingerprint density at radius 2 is 1.95 bits per heavy atom. The van der Waals surface area contributed by atoms with Crippen LogP contribution in [0, 0.1) is 0 Å². The van der Waals surface area contributed by atoms with Crippen molar-refractivity contribution in [1.29, 1.82) is 0 Å². The highest BCUT2D eigenvalue weighted by Crippen LogP contribution is 2.39. The third-order valence-electron chi connectivity index (χ3n) is 3.24. The molecule has 2 N–H and O–H groups in total. The second-order valence-corrected chi connectivity index (χ2v) is 5.22. The molecule has 0 aliphatic carbocycles. The number of aryl methyl sites for hydroxylation is 1. The van der Waals surface area contributed by atoms with Gasteiger partial charge < -0.3 is 15.2 Å². The lowest BCUT2D eigenvalue weighted by Gasteiger charge is -2.17. The third kappa shape index (κ3) is 2.95. The summed E-state index contributed by atoms with van der Waals surface area (Å²) in [6.07, 6.45) is 1.59. The van der Waals surface area contributed by atoms with E-state index in [9.17, 15) is 0 Å². The second kappa shape index (κ2) is 6.56. The third-order valence-corrected chi connectivity index (χ3v) is 3.81. The molecule has 0 saturated heterocycles. The average molecular weight is 330 g/mol. The van der Waals surface area contributed by atoms with Gasteiger partial charge in [0.05, 0.1) is 42.2 Å². The number of hydrogen-bond acceptors (Lipinski definition) is 4. The van der Waals surface area contributed by atoms with Gasteiger partial charge in [-0.05, 0) is 24.6 Å². The van der Waals surface area contributed by atoms with E-state index in [0.29, 0.717) is 28.1 Å². The molecule has 0 aliphatic heterocycles. The van der Waals surface area contributed by atoms with Gasteiger partial charge in [-0.2, -0.15) is 5.10 Å². The van der Waals surface area contributed by atoms with Gasteiger partial charge in [0.1, 0.15) is 0 Å². The molecular weight excluding hydrogens is 313 g/mol. The molecule has 114 valence electrons. The number of nitrogens with two attached hydrogens (primary N) is 1. The van der Waals surface area contributed by atoms with E-state index in [1.54, 1.807) is 30.1 Å². The molecule has 0 amide bonds. The Kier molecular flexibility index (Phi) is 4.98. The normalized spacial score (nSPS) is 12.3. The number of benzene rings is 1. The van der Waals surface area contributed by atoms with Crippen LogP contribution >= 0.6 is 23.2 Å². The number of hydrogen-bond donors (Lipinski definition) is 1. The van der Waals surface area contributed by atoms with E-state index >= 15 is 0 Å². The van der Waals surface area contributed by atoms with Crippen LogP contribution in [0.2, 0.25) is 10.0 Å². The Labute approximate surface area is 133 Å². The molecule has 2 aromatic rings. The van der Waals surface area contributed by atoms with Gasteiger partial charge in [0, 0.05) is 6.54 Å². The molecular formula is C14H17Cl2N3O2. The molecule has 5 nitrogen and oxygen atoms in total. The zero-order valence-corrected chi connectivity index (χ0v) is 13.6. The molecule has 0 radical (unpaired) electrons. The monoisotopic (exact) mass is 329 g/mol. The minimum Gasteiger partial charge on any atom is -0.493 e. The van der Waals surface area contributed by atoms with Crippen LogP contribution in [-0.2, 0) is 6.54 Å². The standard InChI is InChI=1S/C14H17Cl2N3O2/c1-4-19-13(10(16)7-18-19)12(17)8-5-9(15)14(21-3)11(6-8)20-2/h5-7,12H,4,17H2,1-3H3. The van der Waals surface area contributed by atoms with Crippen LogP contribution in [0.15, 0.2) is 18.3 Å². The molecule has 21 heavy (non-hydrogen) atoms. The molecule has 1 unspecified atom stereocenters. The quantitative estimate of drug-likeness (QED) is 0.914. The van der Waals surface area contributed by atoms with E-state index in [1.807, 2.05) is 6.92 Å². The van der Waals surface area contributed by atoms with Crippen LogP contribution in [0.4, 0.5) is 0 Å². The van der Waals surface area contributed by atoms with Crippen molar-refractivity contribution in [2.75, 3.05) is 14.2 Å². The molecule has 2 rings (SSSR count). The average Bonchev–Trinajstić information content (AvgIpc) is 2.86. The maximum Gasteiger partial charge on any atom is 0.179 e. The summed E-state index contributed by atoms with van der Waals surface area (Å²) in [6.45, 7) is 2.65. The molecule has 1 aromatic heterocycles. The molecule has 1 atom stereocenters. The number of rotatable bonds is 5. The van der Waals surface area contributed by atoms with Crippen molar-refractivity contribution in [2.24, 2.45) is 5.73 Å². The lowest BCUT2D eigenvalue weighted by atomic mass is 10.0. The van der Waals surface area contributed by atoms with Crippen LogP contribution in [0.25, 0.3) is 0 Å². The number of nitrogens with zero attached hydrogens (tertiary/aromatic N) is 2. The highest BCUT2D eigenvalue weighted by atomic mass is 35.5. The molecule has 0 saturated carbocycles. The molecule has 1 heterocycles. The van der Waals surface area contributed by atoms with Crippen LogP contribution < -0.4 is 15.2 Å². The number of ether oxygens (including phenoxy) is 2. The Morgan fingerprint density at radius 3 is 2.52 bits per heavy atom. The lowest BCUT2D eigenvalue weighted by molar-refractivity contribution is 0.354. The fourth-order valence-corrected chi connectivity index (χ4v) is 2.76. The van der Waals surface area contributed by atoms with Gasteiger partial charge in [-0.3, -0.25) is 4.68 Å². The molecule has 0 fully saturated rings. The predicted molar refractivity (Wildman–Crippen MR) is 83.5 cm³/mol. The first-order valence-corrected chi connectivity index (χ1v) is 7.17. The first-order chi connectivity index (χ1) is 10.0. The summed E-state index contributed by atoms with van der Waals surface area (Å²) < 4.78 is 12.3. The van der Waals surface area contributed by atoms with Crippen molar-refractivity contribution in [3.05, 3.63) is 39.6 Å². The van der Waals surface area contributed by atoms with E-state index in [2.05, 4.69) is 5.10 Å². The summed E-state index contributed by atoms with van der Waals surface area (Å²) in [5.41, 5.74) is 7.83. The van der Waals surface area contributed by atoms with Crippen LogP contribution in [-0.4, -0.2) is 24.0 Å². The molecule has 0 bridgehead atoms. The van der Waals surface area contributed by atoms with E-state index in [4.69, 9.17) is 38.4 Å². The Bertz CT molecular complexity index is 643. The molecule has 7 heteroatoms. The Morgan fingerprint density at radius 1 is 1.24 bits per heavy atom. The first-order valence-electron chi connectivity index (χ1n) is 6.41. The highest BCUT2D eigenvalue weighted by molar-refractivity contribution is 6.32.